The fraction of sp³-hybridized carbons (Fsp3) is 0.385. The smallest absolute Gasteiger partial charge is 0.262 e. The Balaban J connectivity index is 2.26. The van der Waals surface area contributed by atoms with Crippen LogP contribution < -0.4 is 15.2 Å². The predicted octanol–water partition coefficient (Wildman–Crippen LogP) is -0.996. The van der Waals surface area contributed by atoms with E-state index in [9.17, 15) is 27.5 Å². The zero-order chi connectivity index (χ0) is 18.1. The number of phenolic OH excluding ortho intramolecular Hbond substituents is 1. The van der Waals surface area contributed by atoms with Crippen molar-refractivity contribution < 1.29 is 27.5 Å². The molecule has 132 valence electrons. The van der Waals surface area contributed by atoms with E-state index in [0.29, 0.717) is 13.1 Å². The van der Waals surface area contributed by atoms with Crippen LogP contribution in [-0.4, -0.2) is 63.2 Å². The third kappa shape index (κ3) is 3.74. The topological polar surface area (TPSA) is 119 Å². The van der Waals surface area contributed by atoms with Crippen LogP contribution in [-0.2, 0) is 14.8 Å². The Bertz CT molecular complexity index is 758. The minimum atomic E-state index is -4.12. The molecule has 0 spiro atoms. The van der Waals surface area contributed by atoms with E-state index in [4.69, 9.17) is 0 Å². The van der Waals surface area contributed by atoms with E-state index >= 15 is 0 Å². The molecule has 0 aliphatic carbocycles. The molecular formula is C13H17FN4O5S. The van der Waals surface area contributed by atoms with Gasteiger partial charge in [-0.25, -0.2) is 12.8 Å². The van der Waals surface area contributed by atoms with E-state index in [1.54, 1.807) is 0 Å². The number of carbonyl (C=O) groups is 2. The maximum Gasteiger partial charge on any atom is 0.262 e. The molecule has 0 radical (unpaired) electrons. The highest BCUT2D eigenvalue weighted by molar-refractivity contribution is 7.93. The van der Waals surface area contributed by atoms with Gasteiger partial charge in [0.15, 0.2) is 17.3 Å². The third-order valence-electron chi connectivity index (χ3n) is 3.17. The van der Waals surface area contributed by atoms with E-state index in [1.807, 2.05) is 24.4 Å². The van der Waals surface area contributed by atoms with Crippen molar-refractivity contribution in [3.63, 3.8) is 0 Å². The zero-order valence-corrected chi connectivity index (χ0v) is 13.9. The van der Waals surface area contributed by atoms with Gasteiger partial charge in [0, 0.05) is 18.7 Å². The molecule has 24 heavy (non-hydrogen) atoms. The van der Waals surface area contributed by atoms with Crippen LogP contribution >= 0.6 is 0 Å². The monoisotopic (exact) mass is 360 g/mol. The van der Waals surface area contributed by atoms with Crippen molar-refractivity contribution in [1.82, 2.24) is 15.6 Å². The molecule has 1 aliphatic heterocycles. The first-order valence-electron chi connectivity index (χ1n) is 6.90. The Morgan fingerprint density at radius 3 is 2.62 bits per heavy atom. The lowest BCUT2D eigenvalue weighted by Crippen LogP contribution is -2.36. The number of carbonyl (C=O) groups excluding carboxylic acids is 2. The summed E-state index contributed by atoms with van der Waals surface area (Å²) >= 11 is 0. The molecule has 1 aromatic rings. The molecule has 0 atom stereocenters. The highest BCUT2D eigenvalue weighted by Crippen LogP contribution is 2.33. The summed E-state index contributed by atoms with van der Waals surface area (Å²) in [6.45, 7) is 0.878. The molecule has 0 bridgehead atoms. The number of likely N-dealkylation sites (N-methyl/N-ethyl adjacent to an activating group) is 1. The van der Waals surface area contributed by atoms with Gasteiger partial charge < -0.3 is 15.3 Å². The van der Waals surface area contributed by atoms with Gasteiger partial charge in [-0.2, -0.15) is 4.41 Å². The first kappa shape index (κ1) is 17.9. The SMILES string of the molecule is CN(C)CCNC(=O)c1cc(O)c(N2NC(=O)CS2(=O)=O)c(F)c1. The van der Waals surface area contributed by atoms with Gasteiger partial charge in [0.2, 0.25) is 0 Å². The van der Waals surface area contributed by atoms with E-state index < -0.39 is 44.8 Å². The van der Waals surface area contributed by atoms with Gasteiger partial charge in [-0.05, 0) is 26.2 Å². The molecule has 0 unspecified atom stereocenters. The second kappa shape index (κ2) is 6.61. The van der Waals surface area contributed by atoms with E-state index in [2.05, 4.69) is 5.32 Å². The predicted molar refractivity (Wildman–Crippen MR) is 83.4 cm³/mol. The zero-order valence-electron chi connectivity index (χ0n) is 13.0. The largest absolute Gasteiger partial charge is 0.506 e. The van der Waals surface area contributed by atoms with Gasteiger partial charge in [0.05, 0.1) is 0 Å². The lowest BCUT2D eigenvalue weighted by Gasteiger charge is -2.18. The summed E-state index contributed by atoms with van der Waals surface area (Å²) in [5, 5.41) is 12.5. The number of sulfonamides is 1. The number of nitrogens with one attached hydrogen (secondary N) is 2. The Morgan fingerprint density at radius 2 is 2.12 bits per heavy atom. The number of hydrogen-bond donors (Lipinski definition) is 3. The fourth-order valence-corrected chi connectivity index (χ4v) is 3.28. The normalized spacial score (nSPS) is 16.3. The Labute approximate surface area is 138 Å². The average Bonchev–Trinajstić information content (AvgIpc) is 2.70. The van der Waals surface area contributed by atoms with Crippen molar-refractivity contribution in [2.24, 2.45) is 0 Å². The van der Waals surface area contributed by atoms with Gasteiger partial charge in [0.25, 0.3) is 21.8 Å². The molecule has 1 fully saturated rings. The number of halogens is 1. The molecule has 1 aliphatic rings. The van der Waals surface area contributed by atoms with Gasteiger partial charge in [-0.1, -0.05) is 0 Å². The van der Waals surface area contributed by atoms with E-state index in [1.165, 1.54) is 0 Å². The van der Waals surface area contributed by atoms with Gasteiger partial charge >= 0.3 is 0 Å². The lowest BCUT2D eigenvalue weighted by atomic mass is 10.1. The van der Waals surface area contributed by atoms with Crippen LogP contribution in [0.4, 0.5) is 10.1 Å². The molecule has 1 aromatic carbocycles. The quantitative estimate of drug-likeness (QED) is 0.620. The number of phenols is 1. The molecule has 0 aromatic heterocycles. The highest BCUT2D eigenvalue weighted by Gasteiger charge is 2.38. The summed E-state index contributed by atoms with van der Waals surface area (Å²) in [7, 11) is -0.491. The molecule has 9 nitrogen and oxygen atoms in total. The summed E-state index contributed by atoms with van der Waals surface area (Å²) in [6.07, 6.45) is 0. The number of rotatable bonds is 5. The summed E-state index contributed by atoms with van der Waals surface area (Å²) in [6, 6.07) is 1.73. The number of amides is 2. The minimum absolute atomic E-state index is 0.171. The first-order chi connectivity index (χ1) is 11.1. The van der Waals surface area contributed by atoms with Crippen molar-refractivity contribution in [2.75, 3.05) is 37.4 Å². The number of hydrogen-bond acceptors (Lipinski definition) is 6. The van der Waals surface area contributed by atoms with Crippen LogP contribution in [0.5, 0.6) is 5.75 Å². The number of nitrogens with zero attached hydrogens (tertiary/aromatic N) is 2. The van der Waals surface area contributed by atoms with Crippen LogP contribution in [0.2, 0.25) is 0 Å². The molecule has 0 saturated carbocycles. The van der Waals surface area contributed by atoms with Crippen LogP contribution in [0.1, 0.15) is 10.4 Å². The second-order valence-electron chi connectivity index (χ2n) is 5.44. The van der Waals surface area contributed by atoms with Gasteiger partial charge in [-0.3, -0.25) is 15.0 Å². The molecular weight excluding hydrogens is 343 g/mol. The number of aromatic hydroxyl groups is 1. The minimum Gasteiger partial charge on any atom is -0.506 e. The van der Waals surface area contributed by atoms with Gasteiger partial charge in [0.1, 0.15) is 5.75 Å². The van der Waals surface area contributed by atoms with Crippen molar-refractivity contribution >= 4 is 27.5 Å². The van der Waals surface area contributed by atoms with Crippen molar-refractivity contribution in [1.29, 1.82) is 0 Å². The summed E-state index contributed by atoms with van der Waals surface area (Å²) in [5.74, 6) is -4.25. The number of anilines is 1. The van der Waals surface area contributed by atoms with Crippen LogP contribution in [0.15, 0.2) is 12.1 Å². The average molecular weight is 360 g/mol. The third-order valence-corrected chi connectivity index (χ3v) is 4.63. The highest BCUT2D eigenvalue weighted by atomic mass is 32.2. The van der Waals surface area contributed by atoms with Crippen LogP contribution in [0, 0.1) is 5.82 Å². The van der Waals surface area contributed by atoms with Gasteiger partial charge in [-0.15, -0.1) is 0 Å². The fourth-order valence-electron chi connectivity index (χ4n) is 2.05. The van der Waals surface area contributed by atoms with Crippen LogP contribution in [0.25, 0.3) is 0 Å². The van der Waals surface area contributed by atoms with Crippen LogP contribution in [0.3, 0.4) is 0 Å². The standard InChI is InChI=1S/C13H17FN4O5S/c1-17(2)4-3-15-13(21)8-5-9(14)12(10(19)6-8)18-16-11(20)7-24(18,22)23/h5-6,19H,3-4,7H2,1-2H3,(H,15,21)(H,16,20). The number of hydrazine groups is 1. The maximum atomic E-state index is 14.2. The molecule has 1 saturated heterocycles. The lowest BCUT2D eigenvalue weighted by molar-refractivity contribution is -0.117. The van der Waals surface area contributed by atoms with E-state index in [0.717, 1.165) is 12.1 Å². The molecule has 3 N–H and O–H groups in total. The molecule has 2 rings (SSSR count). The molecule has 1 heterocycles. The van der Waals surface area contributed by atoms with Crippen molar-refractivity contribution in [3.05, 3.63) is 23.5 Å². The Morgan fingerprint density at radius 1 is 1.46 bits per heavy atom. The Kier molecular flexibility index (Phi) is 4.94. The Hall–Kier alpha value is -2.40. The van der Waals surface area contributed by atoms with E-state index in [-0.39, 0.29) is 9.98 Å². The number of benzene rings is 1. The molecule has 11 heteroatoms. The summed E-state index contributed by atoms with van der Waals surface area (Å²) < 4.78 is 38.1. The molecule has 2 amide bonds. The van der Waals surface area contributed by atoms with Crippen molar-refractivity contribution in [3.8, 4) is 5.75 Å². The first-order valence-corrected chi connectivity index (χ1v) is 8.50. The maximum absolute atomic E-state index is 14.2. The summed E-state index contributed by atoms with van der Waals surface area (Å²) in [5.41, 5.74) is 1.04. The second-order valence-corrected chi connectivity index (χ2v) is 7.26. The van der Waals surface area contributed by atoms with Crippen molar-refractivity contribution in [2.45, 2.75) is 0 Å². The summed E-state index contributed by atoms with van der Waals surface area (Å²) in [4.78, 5) is 25.0.